The van der Waals surface area contributed by atoms with Crippen molar-refractivity contribution in [2.45, 2.75) is 77.7 Å². The summed E-state index contributed by atoms with van der Waals surface area (Å²) in [6.45, 7) is 4.36. The molecule has 0 radical (unpaired) electrons. The Bertz CT molecular complexity index is 401. The highest BCUT2D eigenvalue weighted by Gasteiger charge is 2.16. The molecule has 0 aliphatic rings. The lowest BCUT2D eigenvalue weighted by molar-refractivity contribution is 0.469. The summed E-state index contributed by atoms with van der Waals surface area (Å²) in [5, 5.41) is 8.80. The van der Waals surface area contributed by atoms with Crippen LogP contribution < -0.4 is 5.32 Å². The van der Waals surface area contributed by atoms with Crippen molar-refractivity contribution in [3.05, 3.63) is 16.4 Å². The summed E-state index contributed by atoms with van der Waals surface area (Å²) >= 11 is 6.44. The van der Waals surface area contributed by atoms with E-state index in [4.69, 9.17) is 11.6 Å². The molecule has 0 amide bonds. The van der Waals surface area contributed by atoms with Crippen molar-refractivity contribution in [3.63, 3.8) is 0 Å². The van der Waals surface area contributed by atoms with E-state index in [9.17, 15) is 0 Å². The van der Waals surface area contributed by atoms with Crippen LogP contribution in [0.2, 0.25) is 5.02 Å². The second kappa shape index (κ2) is 10.2. The Morgan fingerprint density at radius 1 is 1.14 bits per heavy atom. The molecule has 1 rings (SSSR count). The Kier molecular flexibility index (Phi) is 9.02. The third kappa shape index (κ3) is 5.99. The van der Waals surface area contributed by atoms with Gasteiger partial charge in [-0.1, -0.05) is 64.0 Å². The normalized spacial score (nSPS) is 12.8. The van der Waals surface area contributed by atoms with Gasteiger partial charge in [0.1, 0.15) is 0 Å². The average molecular weight is 314 g/mol. The topological polar surface area (TPSA) is 29.9 Å². The zero-order valence-electron chi connectivity index (χ0n) is 14.2. The molecule has 21 heavy (non-hydrogen) atoms. The third-order valence-electron chi connectivity index (χ3n) is 4.26. The Morgan fingerprint density at radius 2 is 1.81 bits per heavy atom. The second-order valence-electron chi connectivity index (χ2n) is 5.93. The van der Waals surface area contributed by atoms with Gasteiger partial charge in [0.2, 0.25) is 0 Å². The molecule has 0 saturated carbocycles. The minimum atomic E-state index is 0.494. The summed E-state index contributed by atoms with van der Waals surface area (Å²) < 4.78 is 1.95. The molecule has 0 aliphatic heterocycles. The van der Waals surface area contributed by atoms with Gasteiger partial charge in [0.05, 0.1) is 16.4 Å². The lowest BCUT2D eigenvalue weighted by atomic mass is 10.0. The molecule has 1 unspecified atom stereocenters. The fourth-order valence-corrected chi connectivity index (χ4v) is 3.17. The number of likely N-dealkylation sites (N-methyl/N-ethyl adjacent to an activating group) is 1. The van der Waals surface area contributed by atoms with Crippen LogP contribution in [0.25, 0.3) is 0 Å². The van der Waals surface area contributed by atoms with Crippen molar-refractivity contribution in [2.24, 2.45) is 7.05 Å². The highest BCUT2D eigenvalue weighted by molar-refractivity contribution is 6.31. The summed E-state index contributed by atoms with van der Waals surface area (Å²) in [5.41, 5.74) is 2.18. The molecule has 1 heterocycles. The van der Waals surface area contributed by atoms with Gasteiger partial charge in [0, 0.05) is 19.5 Å². The zero-order chi connectivity index (χ0) is 15.7. The molecule has 1 N–H and O–H groups in total. The quantitative estimate of drug-likeness (QED) is 0.609. The SMILES string of the molecule is CCCCCCCCC(Cc1c(Cl)c(CC)nn1C)NC. The largest absolute Gasteiger partial charge is 0.317 e. The van der Waals surface area contributed by atoms with Crippen LogP contribution in [0.4, 0.5) is 0 Å². The van der Waals surface area contributed by atoms with E-state index in [1.165, 1.54) is 50.6 Å². The van der Waals surface area contributed by atoms with E-state index in [0.29, 0.717) is 6.04 Å². The van der Waals surface area contributed by atoms with Crippen molar-refractivity contribution in [1.82, 2.24) is 15.1 Å². The van der Waals surface area contributed by atoms with Crippen molar-refractivity contribution in [2.75, 3.05) is 7.05 Å². The number of nitrogens with zero attached hydrogens (tertiary/aromatic N) is 2. The van der Waals surface area contributed by atoms with Crippen molar-refractivity contribution < 1.29 is 0 Å². The maximum atomic E-state index is 6.44. The van der Waals surface area contributed by atoms with Crippen molar-refractivity contribution >= 4 is 11.6 Å². The van der Waals surface area contributed by atoms with Crippen LogP contribution in [0.15, 0.2) is 0 Å². The van der Waals surface area contributed by atoms with Gasteiger partial charge < -0.3 is 5.32 Å². The van der Waals surface area contributed by atoms with Gasteiger partial charge in [-0.2, -0.15) is 5.10 Å². The zero-order valence-corrected chi connectivity index (χ0v) is 15.0. The molecule has 1 aromatic heterocycles. The summed E-state index contributed by atoms with van der Waals surface area (Å²) in [4.78, 5) is 0. The number of hydrogen-bond acceptors (Lipinski definition) is 2. The molecule has 1 aromatic rings. The van der Waals surface area contributed by atoms with Gasteiger partial charge in [-0.3, -0.25) is 4.68 Å². The highest BCUT2D eigenvalue weighted by atomic mass is 35.5. The van der Waals surface area contributed by atoms with Gasteiger partial charge in [-0.05, 0) is 19.9 Å². The molecule has 0 aromatic carbocycles. The number of nitrogens with one attached hydrogen (secondary N) is 1. The lowest BCUT2D eigenvalue weighted by Crippen LogP contribution is -2.28. The van der Waals surface area contributed by atoms with Gasteiger partial charge in [0.25, 0.3) is 0 Å². The van der Waals surface area contributed by atoms with E-state index in [1.54, 1.807) is 0 Å². The number of aryl methyl sites for hydroxylation is 2. The molecule has 4 heteroatoms. The molecule has 0 bridgehead atoms. The smallest absolute Gasteiger partial charge is 0.0850 e. The third-order valence-corrected chi connectivity index (χ3v) is 4.69. The molecular weight excluding hydrogens is 282 g/mol. The summed E-state index contributed by atoms with van der Waals surface area (Å²) in [6, 6.07) is 0.494. The standard InChI is InChI=1S/C17H32ClN3/c1-5-7-8-9-10-11-12-14(19-3)13-16-17(18)15(6-2)20-21(16)4/h14,19H,5-13H2,1-4H3. The average Bonchev–Trinajstić information content (AvgIpc) is 2.76. The van der Waals surface area contributed by atoms with E-state index >= 15 is 0 Å². The van der Waals surface area contributed by atoms with Crippen LogP contribution in [0.1, 0.15) is 70.2 Å². The van der Waals surface area contributed by atoms with E-state index in [-0.39, 0.29) is 0 Å². The first-order valence-electron chi connectivity index (χ1n) is 8.51. The molecule has 1 atom stereocenters. The van der Waals surface area contributed by atoms with Gasteiger partial charge in [-0.25, -0.2) is 0 Å². The minimum absolute atomic E-state index is 0.494. The molecule has 0 fully saturated rings. The summed E-state index contributed by atoms with van der Waals surface area (Å²) in [6.07, 6.45) is 11.2. The van der Waals surface area contributed by atoms with Crippen LogP contribution in [0.5, 0.6) is 0 Å². The Labute approximate surface area is 135 Å². The Hall–Kier alpha value is -0.540. The van der Waals surface area contributed by atoms with Crippen LogP contribution >= 0.6 is 11.6 Å². The molecule has 0 spiro atoms. The monoisotopic (exact) mass is 313 g/mol. The van der Waals surface area contributed by atoms with Crippen LogP contribution in [-0.2, 0) is 19.9 Å². The molecule has 0 saturated heterocycles. The minimum Gasteiger partial charge on any atom is -0.317 e. The van der Waals surface area contributed by atoms with Crippen LogP contribution in [-0.4, -0.2) is 22.9 Å². The molecular formula is C17H32ClN3. The lowest BCUT2D eigenvalue weighted by Gasteiger charge is -2.16. The van der Waals surface area contributed by atoms with Crippen molar-refractivity contribution in [3.8, 4) is 0 Å². The Balaban J connectivity index is 2.42. The van der Waals surface area contributed by atoms with E-state index in [0.717, 1.165) is 23.6 Å². The number of aromatic nitrogens is 2. The number of rotatable bonds is 11. The van der Waals surface area contributed by atoms with Gasteiger partial charge in [-0.15, -0.1) is 0 Å². The maximum absolute atomic E-state index is 6.44. The first-order valence-corrected chi connectivity index (χ1v) is 8.89. The number of unbranched alkanes of at least 4 members (excludes halogenated alkanes) is 5. The number of halogens is 1. The molecule has 3 nitrogen and oxygen atoms in total. The predicted molar refractivity (Wildman–Crippen MR) is 92.1 cm³/mol. The van der Waals surface area contributed by atoms with Gasteiger partial charge >= 0.3 is 0 Å². The van der Waals surface area contributed by atoms with Crippen LogP contribution in [0, 0.1) is 0 Å². The molecule has 122 valence electrons. The summed E-state index contributed by atoms with van der Waals surface area (Å²) in [7, 11) is 4.05. The summed E-state index contributed by atoms with van der Waals surface area (Å²) in [5.74, 6) is 0. The predicted octanol–water partition coefficient (Wildman–Crippen LogP) is 4.52. The van der Waals surface area contributed by atoms with E-state index < -0.39 is 0 Å². The molecule has 0 aliphatic carbocycles. The Morgan fingerprint density at radius 3 is 2.38 bits per heavy atom. The van der Waals surface area contributed by atoms with Crippen molar-refractivity contribution in [1.29, 1.82) is 0 Å². The highest BCUT2D eigenvalue weighted by Crippen LogP contribution is 2.23. The van der Waals surface area contributed by atoms with Gasteiger partial charge in [0.15, 0.2) is 0 Å². The maximum Gasteiger partial charge on any atom is 0.0850 e. The van der Waals surface area contributed by atoms with Crippen LogP contribution in [0.3, 0.4) is 0 Å². The fraction of sp³-hybridized carbons (Fsp3) is 0.824. The van der Waals surface area contributed by atoms with E-state index in [1.807, 2.05) is 18.8 Å². The first-order chi connectivity index (χ1) is 10.1. The van der Waals surface area contributed by atoms with E-state index in [2.05, 4.69) is 24.3 Å². The second-order valence-corrected chi connectivity index (χ2v) is 6.31. The number of hydrogen-bond donors (Lipinski definition) is 1. The first kappa shape index (κ1) is 18.5. The fourth-order valence-electron chi connectivity index (χ4n) is 2.79.